The molecule has 0 saturated carbocycles. The monoisotopic (exact) mass is 382 g/mol. The Morgan fingerprint density at radius 2 is 2.08 bits per heavy atom. The molecule has 4 rings (SSSR count). The van der Waals surface area contributed by atoms with Gasteiger partial charge in [0.05, 0.1) is 22.3 Å². The van der Waals surface area contributed by atoms with E-state index in [0.29, 0.717) is 12.1 Å². The topological polar surface area (TPSA) is 51.0 Å². The van der Waals surface area contributed by atoms with Crippen LogP contribution in [0.3, 0.4) is 0 Å². The molecule has 26 heavy (non-hydrogen) atoms. The molecule has 0 unspecified atom stereocenters. The lowest BCUT2D eigenvalue weighted by atomic mass is 10.2. The van der Waals surface area contributed by atoms with Gasteiger partial charge >= 0.3 is 0 Å². The third-order valence-corrected chi connectivity index (χ3v) is 6.11. The second-order valence-corrected chi connectivity index (χ2v) is 8.16. The molecule has 1 amide bonds. The van der Waals surface area contributed by atoms with Crippen molar-refractivity contribution in [2.45, 2.75) is 20.4 Å². The zero-order chi connectivity index (χ0) is 18.3. The van der Waals surface area contributed by atoms with Crippen LogP contribution >= 0.6 is 22.7 Å². The average Bonchev–Trinajstić information content (AvgIpc) is 3.33. The van der Waals surface area contributed by atoms with Crippen molar-refractivity contribution in [1.82, 2.24) is 19.4 Å². The van der Waals surface area contributed by atoms with Crippen LogP contribution in [0.5, 0.6) is 0 Å². The summed E-state index contributed by atoms with van der Waals surface area (Å²) in [5.41, 5.74) is 3.62. The molecule has 3 heterocycles. The minimum Gasteiger partial charge on any atom is -0.335 e. The first-order valence-electron chi connectivity index (χ1n) is 8.23. The van der Waals surface area contributed by atoms with Gasteiger partial charge in [-0.15, -0.1) is 22.7 Å². The second kappa shape index (κ2) is 6.66. The number of fused-ring (bicyclic) bond motifs is 1. The predicted molar refractivity (Wildman–Crippen MR) is 106 cm³/mol. The van der Waals surface area contributed by atoms with E-state index in [1.165, 1.54) is 0 Å². The molecule has 0 aliphatic heterocycles. The number of hydrogen-bond acceptors (Lipinski definition) is 5. The molecule has 4 aromatic rings. The SMILES string of the molecule is Cc1cc(C(=O)N(C)Cc2nc3ccccc3s2)c(C)n1-c1nccs1. The number of thiazole rings is 2. The van der Waals surface area contributed by atoms with E-state index in [1.807, 2.05) is 55.1 Å². The van der Waals surface area contributed by atoms with Crippen LogP contribution in [-0.4, -0.2) is 32.4 Å². The normalized spacial score (nSPS) is 11.2. The van der Waals surface area contributed by atoms with E-state index >= 15 is 0 Å². The Labute approximate surface area is 159 Å². The van der Waals surface area contributed by atoms with Crippen LogP contribution in [0.25, 0.3) is 15.3 Å². The van der Waals surface area contributed by atoms with Crippen molar-refractivity contribution in [3.8, 4) is 5.13 Å². The summed E-state index contributed by atoms with van der Waals surface area (Å²) >= 11 is 3.19. The highest BCUT2D eigenvalue weighted by Gasteiger charge is 2.21. The van der Waals surface area contributed by atoms with E-state index in [1.54, 1.807) is 33.8 Å². The Balaban J connectivity index is 1.60. The highest BCUT2D eigenvalue weighted by molar-refractivity contribution is 7.18. The van der Waals surface area contributed by atoms with Crippen molar-refractivity contribution in [2.75, 3.05) is 7.05 Å². The summed E-state index contributed by atoms with van der Waals surface area (Å²) in [6.07, 6.45) is 1.78. The minimum atomic E-state index is 0.000150. The Morgan fingerprint density at radius 1 is 1.27 bits per heavy atom. The van der Waals surface area contributed by atoms with Gasteiger partial charge in [0.15, 0.2) is 5.13 Å². The number of aromatic nitrogens is 3. The summed E-state index contributed by atoms with van der Waals surface area (Å²) in [6, 6.07) is 9.98. The lowest BCUT2D eigenvalue weighted by molar-refractivity contribution is 0.0784. The third kappa shape index (κ3) is 2.93. The van der Waals surface area contributed by atoms with Crippen molar-refractivity contribution in [3.05, 3.63) is 63.9 Å². The Bertz CT molecular complexity index is 1050. The molecule has 3 aromatic heterocycles. The number of amides is 1. The van der Waals surface area contributed by atoms with Crippen molar-refractivity contribution < 1.29 is 4.79 Å². The van der Waals surface area contributed by atoms with Crippen LogP contribution in [0, 0.1) is 13.8 Å². The summed E-state index contributed by atoms with van der Waals surface area (Å²) in [7, 11) is 1.82. The lowest BCUT2D eigenvalue weighted by Crippen LogP contribution is -2.26. The zero-order valence-corrected chi connectivity index (χ0v) is 16.4. The molecule has 1 aromatic carbocycles. The van der Waals surface area contributed by atoms with Crippen LogP contribution in [-0.2, 0) is 6.54 Å². The molecule has 0 radical (unpaired) electrons. The average molecular weight is 383 g/mol. The second-order valence-electron chi connectivity index (χ2n) is 6.17. The Hall–Kier alpha value is -2.51. The fraction of sp³-hybridized carbons (Fsp3) is 0.211. The van der Waals surface area contributed by atoms with Crippen molar-refractivity contribution in [1.29, 1.82) is 0 Å². The van der Waals surface area contributed by atoms with Gasteiger partial charge in [0.25, 0.3) is 5.91 Å². The Kier molecular flexibility index (Phi) is 4.34. The van der Waals surface area contributed by atoms with Crippen LogP contribution in [0.15, 0.2) is 41.9 Å². The largest absolute Gasteiger partial charge is 0.335 e. The number of hydrogen-bond donors (Lipinski definition) is 0. The molecule has 0 bridgehead atoms. The van der Waals surface area contributed by atoms with E-state index in [-0.39, 0.29) is 5.91 Å². The summed E-state index contributed by atoms with van der Waals surface area (Å²) in [5, 5.41) is 3.76. The number of carbonyl (C=O) groups is 1. The van der Waals surface area contributed by atoms with Crippen molar-refractivity contribution in [3.63, 3.8) is 0 Å². The first-order valence-corrected chi connectivity index (χ1v) is 9.93. The van der Waals surface area contributed by atoms with Gasteiger partial charge < -0.3 is 4.90 Å². The highest BCUT2D eigenvalue weighted by atomic mass is 32.1. The maximum Gasteiger partial charge on any atom is 0.255 e. The standard InChI is InChI=1S/C19H18N4OS2/c1-12-10-14(13(2)23(12)19-20-8-9-25-19)18(24)22(3)11-17-21-15-6-4-5-7-16(15)26-17/h4-10H,11H2,1-3H3. The third-order valence-electron chi connectivity index (χ3n) is 4.33. The first kappa shape index (κ1) is 16.9. The predicted octanol–water partition coefficient (Wildman–Crippen LogP) is 4.43. The van der Waals surface area contributed by atoms with Gasteiger partial charge in [-0.05, 0) is 32.0 Å². The molecule has 0 aliphatic carbocycles. The molecule has 7 heteroatoms. The van der Waals surface area contributed by atoms with E-state index in [9.17, 15) is 4.79 Å². The van der Waals surface area contributed by atoms with Gasteiger partial charge in [-0.25, -0.2) is 9.97 Å². The molecular weight excluding hydrogens is 364 g/mol. The molecular formula is C19H18N4OS2. The van der Waals surface area contributed by atoms with E-state index in [0.717, 1.165) is 31.7 Å². The smallest absolute Gasteiger partial charge is 0.255 e. The van der Waals surface area contributed by atoms with Gasteiger partial charge in [-0.1, -0.05) is 12.1 Å². The van der Waals surface area contributed by atoms with Gasteiger partial charge in [0.2, 0.25) is 0 Å². The molecule has 0 spiro atoms. The van der Waals surface area contributed by atoms with E-state index in [4.69, 9.17) is 0 Å². The molecule has 0 atom stereocenters. The van der Waals surface area contributed by atoms with Crippen LogP contribution in [0.1, 0.15) is 26.8 Å². The van der Waals surface area contributed by atoms with Crippen LogP contribution < -0.4 is 0 Å². The van der Waals surface area contributed by atoms with Gasteiger partial charge in [-0.3, -0.25) is 9.36 Å². The van der Waals surface area contributed by atoms with Gasteiger partial charge in [0.1, 0.15) is 5.01 Å². The maximum atomic E-state index is 13.0. The molecule has 132 valence electrons. The minimum absolute atomic E-state index is 0.000150. The first-order chi connectivity index (χ1) is 12.5. The summed E-state index contributed by atoms with van der Waals surface area (Å²) in [5.74, 6) is 0.000150. The fourth-order valence-corrected chi connectivity index (χ4v) is 4.84. The van der Waals surface area contributed by atoms with Crippen molar-refractivity contribution in [2.24, 2.45) is 0 Å². The number of carbonyl (C=O) groups excluding carboxylic acids is 1. The quantitative estimate of drug-likeness (QED) is 0.524. The van der Waals surface area contributed by atoms with Gasteiger partial charge in [-0.2, -0.15) is 0 Å². The highest BCUT2D eigenvalue weighted by Crippen LogP contribution is 2.25. The summed E-state index contributed by atoms with van der Waals surface area (Å²) in [6.45, 7) is 4.46. The maximum absolute atomic E-state index is 13.0. The molecule has 0 fully saturated rings. The number of para-hydroxylation sites is 1. The molecule has 0 saturated heterocycles. The summed E-state index contributed by atoms with van der Waals surface area (Å²) in [4.78, 5) is 23.7. The van der Waals surface area contributed by atoms with E-state index in [2.05, 4.69) is 16.0 Å². The van der Waals surface area contributed by atoms with Crippen LogP contribution in [0.2, 0.25) is 0 Å². The molecule has 5 nitrogen and oxygen atoms in total. The van der Waals surface area contributed by atoms with Gasteiger partial charge in [0, 0.05) is 30.0 Å². The van der Waals surface area contributed by atoms with E-state index < -0.39 is 0 Å². The Morgan fingerprint density at radius 3 is 2.81 bits per heavy atom. The lowest BCUT2D eigenvalue weighted by Gasteiger charge is -2.15. The zero-order valence-electron chi connectivity index (χ0n) is 14.8. The molecule has 0 aliphatic rings. The molecule has 0 N–H and O–H groups in total. The van der Waals surface area contributed by atoms with Crippen LogP contribution in [0.4, 0.5) is 0 Å². The number of benzene rings is 1. The summed E-state index contributed by atoms with van der Waals surface area (Å²) < 4.78 is 3.17. The number of aryl methyl sites for hydroxylation is 1. The van der Waals surface area contributed by atoms with Crippen molar-refractivity contribution >= 4 is 38.8 Å². The number of rotatable bonds is 4. The number of nitrogens with zero attached hydrogens (tertiary/aromatic N) is 4. The fourth-order valence-electron chi connectivity index (χ4n) is 3.07.